The summed E-state index contributed by atoms with van der Waals surface area (Å²) in [5, 5.41) is 0.261. The van der Waals surface area contributed by atoms with Crippen molar-refractivity contribution in [2.45, 2.75) is 25.8 Å². The summed E-state index contributed by atoms with van der Waals surface area (Å²) in [7, 11) is 0. The molecule has 0 bridgehead atoms. The number of rotatable bonds is 4. The Morgan fingerprint density at radius 3 is 2.92 bits per heavy atom. The lowest BCUT2D eigenvalue weighted by molar-refractivity contribution is 0.111. The van der Waals surface area contributed by atoms with Crippen LogP contribution in [0.5, 0.6) is 0 Å². The Balaban J connectivity index is 2.83. The molecule has 1 rings (SSSR count). The van der Waals surface area contributed by atoms with Gasteiger partial charge < -0.3 is 10.7 Å². The minimum absolute atomic E-state index is 0.170. The Morgan fingerprint density at radius 1 is 1.77 bits per heavy atom. The van der Waals surface area contributed by atoms with Gasteiger partial charge in [0.05, 0.1) is 6.04 Å². The number of aldehydes is 1. The summed E-state index contributed by atoms with van der Waals surface area (Å²) in [5.74, 6) is 0.578. The van der Waals surface area contributed by atoms with Gasteiger partial charge in [-0.25, -0.2) is 4.98 Å². The molecule has 1 unspecified atom stereocenters. The van der Waals surface area contributed by atoms with Crippen LogP contribution in [-0.4, -0.2) is 16.3 Å². The summed E-state index contributed by atoms with van der Waals surface area (Å²) >= 11 is 5.68. The SMILES string of the molecule is CCCC(N)c1nc(C=O)c(Cl)[nH]1. The molecule has 0 aliphatic heterocycles. The van der Waals surface area contributed by atoms with Crippen LogP contribution in [0.4, 0.5) is 0 Å². The van der Waals surface area contributed by atoms with Gasteiger partial charge in [0.15, 0.2) is 6.29 Å². The molecule has 0 spiro atoms. The highest BCUT2D eigenvalue weighted by Gasteiger charge is 2.12. The zero-order valence-electron chi connectivity index (χ0n) is 7.38. The quantitative estimate of drug-likeness (QED) is 0.728. The maximum absolute atomic E-state index is 10.4. The van der Waals surface area contributed by atoms with Crippen molar-refractivity contribution in [2.75, 3.05) is 0 Å². The van der Waals surface area contributed by atoms with Gasteiger partial charge in [0.2, 0.25) is 0 Å². The first kappa shape index (κ1) is 10.2. The van der Waals surface area contributed by atoms with Crippen molar-refractivity contribution in [2.24, 2.45) is 5.73 Å². The number of carbonyl (C=O) groups is 1. The highest BCUT2D eigenvalue weighted by atomic mass is 35.5. The molecule has 1 heterocycles. The maximum atomic E-state index is 10.4. The van der Waals surface area contributed by atoms with Crippen molar-refractivity contribution < 1.29 is 4.79 Å². The molecule has 0 amide bonds. The molecule has 1 atom stereocenters. The van der Waals surface area contributed by atoms with E-state index in [9.17, 15) is 4.79 Å². The minimum Gasteiger partial charge on any atom is -0.331 e. The standard InChI is InChI=1S/C8H12ClN3O/c1-2-3-5(10)8-11-6(4-13)7(9)12-8/h4-5H,2-3,10H2,1H3,(H,11,12). The fourth-order valence-electron chi connectivity index (χ4n) is 1.08. The topological polar surface area (TPSA) is 71.8 Å². The van der Waals surface area contributed by atoms with E-state index in [1.54, 1.807) is 0 Å². The third-order valence-electron chi connectivity index (χ3n) is 1.77. The zero-order valence-corrected chi connectivity index (χ0v) is 8.14. The number of aromatic nitrogens is 2. The Kier molecular flexibility index (Phi) is 3.45. The first-order valence-electron chi connectivity index (χ1n) is 4.15. The van der Waals surface area contributed by atoms with E-state index in [0.29, 0.717) is 12.1 Å². The molecule has 1 aromatic heterocycles. The second-order valence-electron chi connectivity index (χ2n) is 2.83. The van der Waals surface area contributed by atoms with E-state index in [2.05, 4.69) is 9.97 Å². The van der Waals surface area contributed by atoms with Gasteiger partial charge in [-0.05, 0) is 6.42 Å². The van der Waals surface area contributed by atoms with Crippen LogP contribution < -0.4 is 5.73 Å². The van der Waals surface area contributed by atoms with Gasteiger partial charge in [-0.2, -0.15) is 0 Å². The van der Waals surface area contributed by atoms with Crippen molar-refractivity contribution >= 4 is 17.9 Å². The van der Waals surface area contributed by atoms with Gasteiger partial charge in [-0.15, -0.1) is 0 Å². The van der Waals surface area contributed by atoms with Crippen molar-refractivity contribution in [1.82, 2.24) is 9.97 Å². The summed E-state index contributed by atoms with van der Waals surface area (Å²) in [6, 6.07) is -0.170. The summed E-state index contributed by atoms with van der Waals surface area (Å²) in [6.45, 7) is 2.03. The van der Waals surface area contributed by atoms with Crippen LogP contribution in [0.25, 0.3) is 0 Å². The molecule has 3 N–H and O–H groups in total. The molecule has 0 aliphatic carbocycles. The third kappa shape index (κ3) is 2.29. The number of halogens is 1. The van der Waals surface area contributed by atoms with Gasteiger partial charge in [0, 0.05) is 0 Å². The van der Waals surface area contributed by atoms with E-state index in [0.717, 1.165) is 12.8 Å². The molecule has 72 valence electrons. The van der Waals surface area contributed by atoms with Crippen LogP contribution in [0.15, 0.2) is 0 Å². The van der Waals surface area contributed by atoms with Gasteiger partial charge in [0.1, 0.15) is 16.7 Å². The highest BCUT2D eigenvalue weighted by molar-refractivity contribution is 6.31. The van der Waals surface area contributed by atoms with Gasteiger partial charge in [0.25, 0.3) is 0 Å². The van der Waals surface area contributed by atoms with Gasteiger partial charge in [-0.3, -0.25) is 4.79 Å². The molecule has 0 radical (unpaired) electrons. The number of aromatic amines is 1. The minimum atomic E-state index is -0.170. The molecule has 0 aromatic carbocycles. The van der Waals surface area contributed by atoms with E-state index in [-0.39, 0.29) is 16.9 Å². The normalized spacial score (nSPS) is 12.8. The number of hydrogen-bond acceptors (Lipinski definition) is 3. The predicted octanol–water partition coefficient (Wildman–Crippen LogP) is 1.68. The first-order valence-corrected chi connectivity index (χ1v) is 4.53. The zero-order chi connectivity index (χ0) is 9.84. The number of nitrogens with one attached hydrogen (secondary N) is 1. The predicted molar refractivity (Wildman–Crippen MR) is 50.8 cm³/mol. The number of H-pyrrole nitrogens is 1. The number of nitrogens with zero attached hydrogens (tertiary/aromatic N) is 1. The second kappa shape index (κ2) is 4.39. The van der Waals surface area contributed by atoms with Crippen molar-refractivity contribution in [3.63, 3.8) is 0 Å². The first-order chi connectivity index (χ1) is 6.19. The lowest BCUT2D eigenvalue weighted by atomic mass is 10.2. The average Bonchev–Trinajstić information content (AvgIpc) is 2.47. The molecule has 13 heavy (non-hydrogen) atoms. The number of carbonyl (C=O) groups excluding carboxylic acids is 1. The Bertz CT molecular complexity index is 298. The Labute approximate surface area is 81.5 Å². The number of hydrogen-bond donors (Lipinski definition) is 2. The Morgan fingerprint density at radius 2 is 2.46 bits per heavy atom. The van der Waals surface area contributed by atoms with E-state index in [1.807, 2.05) is 6.92 Å². The average molecular weight is 202 g/mol. The van der Waals surface area contributed by atoms with E-state index >= 15 is 0 Å². The molecule has 1 aromatic rings. The summed E-state index contributed by atoms with van der Waals surface area (Å²) in [5.41, 5.74) is 6.00. The van der Waals surface area contributed by atoms with E-state index in [4.69, 9.17) is 17.3 Å². The monoisotopic (exact) mass is 201 g/mol. The molecule has 0 saturated carbocycles. The largest absolute Gasteiger partial charge is 0.331 e. The van der Waals surface area contributed by atoms with Gasteiger partial charge in [-0.1, -0.05) is 24.9 Å². The molecule has 0 fully saturated rings. The molecular weight excluding hydrogens is 190 g/mol. The Hall–Kier alpha value is -0.870. The lowest BCUT2D eigenvalue weighted by Crippen LogP contribution is -2.11. The van der Waals surface area contributed by atoms with E-state index in [1.165, 1.54) is 0 Å². The summed E-state index contributed by atoms with van der Waals surface area (Å²) in [6.07, 6.45) is 2.40. The summed E-state index contributed by atoms with van der Waals surface area (Å²) < 4.78 is 0. The van der Waals surface area contributed by atoms with Crippen LogP contribution in [0.3, 0.4) is 0 Å². The van der Waals surface area contributed by atoms with Crippen LogP contribution in [0.2, 0.25) is 5.15 Å². The van der Waals surface area contributed by atoms with Gasteiger partial charge >= 0.3 is 0 Å². The maximum Gasteiger partial charge on any atom is 0.171 e. The van der Waals surface area contributed by atoms with Crippen molar-refractivity contribution in [3.8, 4) is 0 Å². The van der Waals surface area contributed by atoms with Crippen LogP contribution in [0.1, 0.15) is 42.1 Å². The summed E-state index contributed by atoms with van der Waals surface area (Å²) in [4.78, 5) is 17.2. The fraction of sp³-hybridized carbons (Fsp3) is 0.500. The van der Waals surface area contributed by atoms with E-state index < -0.39 is 0 Å². The van der Waals surface area contributed by atoms with Crippen LogP contribution in [0, 0.1) is 0 Å². The van der Waals surface area contributed by atoms with Crippen LogP contribution in [-0.2, 0) is 0 Å². The lowest BCUT2D eigenvalue weighted by Gasteiger charge is -2.04. The molecule has 4 nitrogen and oxygen atoms in total. The molecule has 0 saturated heterocycles. The fourth-order valence-corrected chi connectivity index (χ4v) is 1.27. The molecular formula is C8H12ClN3O. The van der Waals surface area contributed by atoms with Crippen molar-refractivity contribution in [1.29, 1.82) is 0 Å². The van der Waals surface area contributed by atoms with Crippen LogP contribution >= 0.6 is 11.6 Å². The molecule has 0 aliphatic rings. The molecule has 5 heteroatoms. The third-order valence-corrected chi connectivity index (χ3v) is 2.05. The van der Waals surface area contributed by atoms with Crippen molar-refractivity contribution in [3.05, 3.63) is 16.7 Å². The number of imidazole rings is 1. The highest BCUT2D eigenvalue weighted by Crippen LogP contribution is 2.17. The smallest absolute Gasteiger partial charge is 0.171 e. The second-order valence-corrected chi connectivity index (χ2v) is 3.21. The number of nitrogens with two attached hydrogens (primary N) is 1.